The monoisotopic (exact) mass is 314 g/mol. The molecule has 3 aromatic rings. The fraction of sp³-hybridized carbons (Fsp3) is 0.0625. The first kappa shape index (κ1) is 14.3. The van der Waals surface area contributed by atoms with Crippen LogP contribution in [0.25, 0.3) is 11.3 Å². The van der Waals surface area contributed by atoms with Crippen molar-refractivity contribution in [2.45, 2.75) is 11.8 Å². The predicted octanol–water partition coefficient (Wildman–Crippen LogP) is 3.45. The number of sulfonamides is 1. The molecule has 0 fully saturated rings. The lowest BCUT2D eigenvalue weighted by molar-refractivity contribution is 0.536. The number of benzene rings is 2. The van der Waals surface area contributed by atoms with E-state index in [1.165, 1.54) is 12.1 Å². The Kier molecular flexibility index (Phi) is 3.68. The van der Waals surface area contributed by atoms with E-state index in [9.17, 15) is 8.42 Å². The maximum Gasteiger partial charge on any atom is 0.264 e. The molecule has 22 heavy (non-hydrogen) atoms. The highest BCUT2D eigenvalue weighted by Gasteiger charge is 2.20. The number of hydrogen-bond acceptors (Lipinski definition) is 4. The highest BCUT2D eigenvalue weighted by atomic mass is 32.2. The first-order valence-corrected chi connectivity index (χ1v) is 8.15. The van der Waals surface area contributed by atoms with Crippen LogP contribution in [-0.4, -0.2) is 13.4 Å². The van der Waals surface area contributed by atoms with Gasteiger partial charge in [0.2, 0.25) is 5.88 Å². The molecule has 6 heteroatoms. The molecular formula is C16H14N2O3S. The number of rotatable bonds is 4. The van der Waals surface area contributed by atoms with Crippen molar-refractivity contribution in [3.8, 4) is 11.3 Å². The van der Waals surface area contributed by atoms with Crippen molar-refractivity contribution in [3.63, 3.8) is 0 Å². The molecule has 0 radical (unpaired) electrons. The molecule has 1 aromatic heterocycles. The Hall–Kier alpha value is -2.60. The molecule has 0 amide bonds. The van der Waals surface area contributed by atoms with E-state index in [0.29, 0.717) is 11.6 Å². The van der Waals surface area contributed by atoms with Gasteiger partial charge >= 0.3 is 0 Å². The average molecular weight is 314 g/mol. The molecule has 3 rings (SSSR count). The largest absolute Gasteiger partial charge is 0.424 e. The van der Waals surface area contributed by atoms with Gasteiger partial charge in [-0.05, 0) is 12.1 Å². The van der Waals surface area contributed by atoms with Crippen molar-refractivity contribution < 1.29 is 12.8 Å². The normalized spacial score (nSPS) is 11.3. The molecule has 0 bridgehead atoms. The van der Waals surface area contributed by atoms with Crippen LogP contribution in [0.5, 0.6) is 0 Å². The summed E-state index contributed by atoms with van der Waals surface area (Å²) in [5, 5.41) is 0. The van der Waals surface area contributed by atoms with E-state index in [1.54, 1.807) is 25.1 Å². The van der Waals surface area contributed by atoms with Gasteiger partial charge in [0.1, 0.15) is 5.69 Å². The standard InChI is InChI=1S/C16H14N2O3S/c1-12-17-15(13-8-4-2-5-9-13)16(21-12)18-22(19,20)14-10-6-3-7-11-14/h2-11,18H,1H3. The van der Waals surface area contributed by atoms with Crippen LogP contribution in [0, 0.1) is 6.92 Å². The second-order valence-electron chi connectivity index (χ2n) is 4.70. The minimum Gasteiger partial charge on any atom is -0.424 e. The zero-order valence-corrected chi connectivity index (χ0v) is 12.7. The van der Waals surface area contributed by atoms with Crippen molar-refractivity contribution in [3.05, 3.63) is 66.6 Å². The Labute approximate surface area is 128 Å². The number of anilines is 1. The van der Waals surface area contributed by atoms with E-state index < -0.39 is 10.0 Å². The fourth-order valence-corrected chi connectivity index (χ4v) is 3.08. The molecule has 112 valence electrons. The Morgan fingerprint density at radius 3 is 2.18 bits per heavy atom. The second-order valence-corrected chi connectivity index (χ2v) is 6.38. The quantitative estimate of drug-likeness (QED) is 0.800. The number of aromatic nitrogens is 1. The minimum absolute atomic E-state index is 0.118. The van der Waals surface area contributed by atoms with E-state index >= 15 is 0 Å². The topological polar surface area (TPSA) is 72.2 Å². The summed E-state index contributed by atoms with van der Waals surface area (Å²) in [4.78, 5) is 4.43. The molecule has 0 saturated heterocycles. The molecule has 1 heterocycles. The molecule has 1 N–H and O–H groups in total. The Morgan fingerprint density at radius 1 is 0.955 bits per heavy atom. The van der Waals surface area contributed by atoms with Gasteiger partial charge in [0, 0.05) is 12.5 Å². The van der Waals surface area contributed by atoms with E-state index in [-0.39, 0.29) is 10.8 Å². The first-order chi connectivity index (χ1) is 10.6. The number of hydrogen-bond donors (Lipinski definition) is 1. The molecule has 0 unspecified atom stereocenters. The maximum absolute atomic E-state index is 12.4. The van der Waals surface area contributed by atoms with Gasteiger partial charge in [-0.1, -0.05) is 48.5 Å². The molecule has 2 aromatic carbocycles. The lowest BCUT2D eigenvalue weighted by atomic mass is 10.2. The van der Waals surface area contributed by atoms with E-state index in [4.69, 9.17) is 4.42 Å². The van der Waals surface area contributed by atoms with Crippen LogP contribution < -0.4 is 4.72 Å². The van der Waals surface area contributed by atoms with Gasteiger partial charge in [-0.25, -0.2) is 18.1 Å². The van der Waals surface area contributed by atoms with Crippen molar-refractivity contribution >= 4 is 15.9 Å². The van der Waals surface area contributed by atoms with Gasteiger partial charge in [-0.2, -0.15) is 0 Å². The van der Waals surface area contributed by atoms with Crippen LogP contribution in [0.2, 0.25) is 0 Å². The summed E-state index contributed by atoms with van der Waals surface area (Å²) in [6.45, 7) is 1.67. The minimum atomic E-state index is -3.71. The first-order valence-electron chi connectivity index (χ1n) is 6.67. The van der Waals surface area contributed by atoms with Gasteiger partial charge < -0.3 is 4.42 Å². The maximum atomic E-state index is 12.4. The van der Waals surface area contributed by atoms with E-state index in [0.717, 1.165) is 5.56 Å². The highest BCUT2D eigenvalue weighted by molar-refractivity contribution is 7.92. The van der Waals surface area contributed by atoms with E-state index in [1.807, 2.05) is 30.3 Å². The summed E-state index contributed by atoms with van der Waals surface area (Å²) in [5.74, 6) is 0.511. The molecule has 0 aliphatic carbocycles. The van der Waals surface area contributed by atoms with Gasteiger partial charge in [-0.15, -0.1) is 0 Å². The Morgan fingerprint density at radius 2 is 1.55 bits per heavy atom. The zero-order chi connectivity index (χ0) is 15.6. The van der Waals surface area contributed by atoms with Crippen molar-refractivity contribution in [2.75, 3.05) is 4.72 Å². The lowest BCUT2D eigenvalue weighted by Gasteiger charge is -2.06. The summed E-state index contributed by atoms with van der Waals surface area (Å²) >= 11 is 0. The molecular weight excluding hydrogens is 300 g/mol. The fourth-order valence-electron chi connectivity index (χ4n) is 2.07. The van der Waals surface area contributed by atoms with Gasteiger partial charge in [-0.3, -0.25) is 0 Å². The number of nitrogens with zero attached hydrogens (tertiary/aromatic N) is 1. The SMILES string of the molecule is Cc1nc(-c2ccccc2)c(NS(=O)(=O)c2ccccc2)o1. The van der Waals surface area contributed by atoms with Crippen LogP contribution in [0.4, 0.5) is 5.88 Å². The summed E-state index contributed by atoms with van der Waals surface area (Å²) in [6, 6.07) is 17.4. The van der Waals surface area contributed by atoms with Crippen molar-refractivity contribution in [1.29, 1.82) is 0 Å². The van der Waals surface area contributed by atoms with E-state index in [2.05, 4.69) is 9.71 Å². The molecule has 0 saturated carbocycles. The summed E-state index contributed by atoms with van der Waals surface area (Å²) in [7, 11) is -3.71. The Balaban J connectivity index is 2.00. The average Bonchev–Trinajstić information content (AvgIpc) is 2.89. The molecule has 0 spiro atoms. The molecule has 0 atom stereocenters. The second kappa shape index (κ2) is 5.65. The van der Waals surface area contributed by atoms with Crippen LogP contribution in [0.3, 0.4) is 0 Å². The van der Waals surface area contributed by atoms with Crippen LogP contribution in [0.1, 0.15) is 5.89 Å². The Bertz CT molecular complexity index is 872. The van der Waals surface area contributed by atoms with Crippen molar-refractivity contribution in [1.82, 2.24) is 4.98 Å². The van der Waals surface area contributed by atoms with Crippen molar-refractivity contribution in [2.24, 2.45) is 0 Å². The summed E-state index contributed by atoms with van der Waals surface area (Å²) in [5.41, 5.74) is 1.25. The molecule has 0 aliphatic heterocycles. The predicted molar refractivity (Wildman–Crippen MR) is 83.9 cm³/mol. The third-order valence-corrected chi connectivity index (χ3v) is 4.41. The number of aryl methyl sites for hydroxylation is 1. The van der Waals surface area contributed by atoms with Gasteiger partial charge in [0.15, 0.2) is 5.89 Å². The molecule has 5 nitrogen and oxygen atoms in total. The van der Waals surface area contributed by atoms with Crippen LogP contribution in [0.15, 0.2) is 70.0 Å². The number of oxazole rings is 1. The van der Waals surface area contributed by atoms with Gasteiger partial charge in [0.05, 0.1) is 4.90 Å². The lowest BCUT2D eigenvalue weighted by Crippen LogP contribution is -2.12. The van der Waals surface area contributed by atoms with Crippen LogP contribution >= 0.6 is 0 Å². The zero-order valence-electron chi connectivity index (χ0n) is 11.9. The van der Waals surface area contributed by atoms with Crippen LogP contribution in [-0.2, 0) is 10.0 Å². The summed E-state index contributed by atoms with van der Waals surface area (Å²) < 4.78 is 32.7. The number of nitrogens with one attached hydrogen (secondary N) is 1. The highest BCUT2D eigenvalue weighted by Crippen LogP contribution is 2.29. The third kappa shape index (κ3) is 2.87. The third-order valence-electron chi connectivity index (χ3n) is 3.06. The smallest absolute Gasteiger partial charge is 0.264 e. The summed E-state index contributed by atoms with van der Waals surface area (Å²) in [6.07, 6.45) is 0. The van der Waals surface area contributed by atoms with Gasteiger partial charge in [0.25, 0.3) is 10.0 Å². The molecule has 0 aliphatic rings.